The fourth-order valence-electron chi connectivity index (χ4n) is 5.88. The number of methoxy groups -OCH3 is 1. The molecule has 0 fully saturated rings. The van der Waals surface area contributed by atoms with E-state index in [1.165, 1.54) is 18.3 Å². The monoisotopic (exact) mass is 703 g/mol. The molecule has 0 bridgehead atoms. The minimum absolute atomic E-state index is 0.0604. The number of carbonyl (C=O) groups excluding carboxylic acids is 3. The molecule has 0 saturated carbocycles. The molecule has 10 heteroatoms. The van der Waals surface area contributed by atoms with Crippen LogP contribution in [0.2, 0.25) is 0 Å². The Morgan fingerprint density at radius 1 is 1.04 bits per heavy atom. The van der Waals surface area contributed by atoms with E-state index in [2.05, 4.69) is 91.6 Å². The zero-order valence-corrected chi connectivity index (χ0v) is 31.9. The van der Waals surface area contributed by atoms with E-state index < -0.39 is 12.0 Å². The van der Waals surface area contributed by atoms with Crippen LogP contribution in [0.4, 0.5) is 0 Å². The van der Waals surface area contributed by atoms with Crippen molar-refractivity contribution in [3.05, 3.63) is 89.5 Å². The van der Waals surface area contributed by atoms with Gasteiger partial charge in [0.25, 0.3) is 0 Å². The fraction of sp³-hybridized carbons (Fsp3) is 0.500. The molecular formula is C40H57N5O4S. The molecule has 0 aliphatic heterocycles. The Kier molecular flexibility index (Phi) is 17.3. The number of fused-ring (bicyclic) bond motifs is 1. The molecule has 3 aromatic rings. The van der Waals surface area contributed by atoms with Crippen LogP contribution < -0.4 is 10.6 Å². The largest absolute Gasteiger partial charge is 0.467 e. The van der Waals surface area contributed by atoms with Crippen LogP contribution in [0.25, 0.3) is 10.8 Å². The first-order valence-corrected chi connectivity index (χ1v) is 19.1. The molecule has 2 N–H and O–H groups in total. The summed E-state index contributed by atoms with van der Waals surface area (Å²) in [6.45, 7) is 12.3. The molecule has 1 heterocycles. The average molecular weight is 704 g/mol. The normalized spacial score (nSPS) is 13.5. The average Bonchev–Trinajstić information content (AvgIpc) is 3.54. The molecule has 9 nitrogen and oxygen atoms in total. The van der Waals surface area contributed by atoms with Gasteiger partial charge in [-0.1, -0.05) is 86.0 Å². The number of hydrogen-bond donors (Lipinski definition) is 2. The lowest BCUT2D eigenvalue weighted by Gasteiger charge is -2.32. The number of carbonyl (C=O) groups is 3. The first-order valence-electron chi connectivity index (χ1n) is 17.7. The maximum Gasteiger partial charge on any atom is 0.328 e. The number of nitrogens with zero attached hydrogens (tertiary/aromatic N) is 3. The van der Waals surface area contributed by atoms with Gasteiger partial charge in [0.05, 0.1) is 26.4 Å². The molecule has 0 aliphatic rings. The van der Waals surface area contributed by atoms with Crippen molar-refractivity contribution in [2.45, 2.75) is 91.9 Å². The highest BCUT2D eigenvalue weighted by Gasteiger charge is 2.26. The molecule has 3 rings (SSSR count). The van der Waals surface area contributed by atoms with E-state index in [1.54, 1.807) is 24.3 Å². The van der Waals surface area contributed by atoms with Crippen LogP contribution >= 0.6 is 11.8 Å². The topological polar surface area (TPSA) is 106 Å². The highest BCUT2D eigenvalue weighted by Crippen LogP contribution is 2.21. The van der Waals surface area contributed by atoms with Gasteiger partial charge >= 0.3 is 5.97 Å². The third kappa shape index (κ3) is 13.4. The summed E-state index contributed by atoms with van der Waals surface area (Å²) in [7, 11) is 1.34. The third-order valence-corrected chi connectivity index (χ3v) is 9.72. The number of benzene rings is 2. The van der Waals surface area contributed by atoms with Crippen LogP contribution in [0.15, 0.2) is 78.3 Å². The molecule has 272 valence electrons. The van der Waals surface area contributed by atoms with Gasteiger partial charge in [-0.25, -0.2) is 9.78 Å². The van der Waals surface area contributed by atoms with E-state index in [1.807, 2.05) is 29.0 Å². The summed E-state index contributed by atoms with van der Waals surface area (Å²) in [5, 5.41) is 8.46. The van der Waals surface area contributed by atoms with Gasteiger partial charge in [0, 0.05) is 37.6 Å². The predicted octanol–water partition coefficient (Wildman–Crippen LogP) is 6.72. The van der Waals surface area contributed by atoms with Gasteiger partial charge in [0.2, 0.25) is 11.8 Å². The summed E-state index contributed by atoms with van der Waals surface area (Å²) < 4.78 is 7.00. The van der Waals surface area contributed by atoms with Gasteiger partial charge in [-0.05, 0) is 74.3 Å². The lowest BCUT2D eigenvalue weighted by atomic mass is 9.97. The maximum atomic E-state index is 13.6. The van der Waals surface area contributed by atoms with Crippen LogP contribution in [0.1, 0.15) is 71.6 Å². The Balaban J connectivity index is 1.79. The molecule has 3 atom stereocenters. The fourth-order valence-corrected chi connectivity index (χ4v) is 6.36. The highest BCUT2D eigenvalue weighted by molar-refractivity contribution is 7.98. The van der Waals surface area contributed by atoms with E-state index in [0.717, 1.165) is 41.3 Å². The standard InChI is InChI=1S/C40H57N5O4S/c1-8-31(5)37(43-38(46)23-34-24-41-28-45(34)21-19-30(4)14-11-13-29(2)3)26-44(25-33-17-12-16-32-15-9-10-18-35(32)33)27-39(47)42-36(20-22-50-7)40(48)49-6/h9-10,12-13,15-19,24,28,31,36-37H,8,11,14,20-23,25-27H2,1-7H3,(H,42,47)(H,43,46)/b30-19+/t31-,36-,37+/m0/s1. The van der Waals surface area contributed by atoms with Crippen LogP contribution in [0.3, 0.4) is 0 Å². The number of amides is 2. The number of allylic oxidation sites excluding steroid dienone is 4. The van der Waals surface area contributed by atoms with Gasteiger partial charge < -0.3 is 19.9 Å². The second kappa shape index (κ2) is 21.4. The van der Waals surface area contributed by atoms with E-state index in [-0.39, 0.29) is 36.7 Å². The third-order valence-electron chi connectivity index (χ3n) is 9.07. The Bertz CT molecular complexity index is 1590. The molecule has 0 unspecified atom stereocenters. The van der Waals surface area contributed by atoms with Crippen molar-refractivity contribution in [2.24, 2.45) is 5.92 Å². The molecule has 0 spiro atoms. The lowest BCUT2D eigenvalue weighted by Crippen LogP contribution is -2.51. The smallest absolute Gasteiger partial charge is 0.328 e. The van der Waals surface area contributed by atoms with Crippen molar-refractivity contribution < 1.29 is 19.1 Å². The molecule has 2 aromatic carbocycles. The Morgan fingerprint density at radius 2 is 1.80 bits per heavy atom. The number of imidazole rings is 1. The van der Waals surface area contributed by atoms with E-state index >= 15 is 0 Å². The van der Waals surface area contributed by atoms with Crippen molar-refractivity contribution in [3.63, 3.8) is 0 Å². The summed E-state index contributed by atoms with van der Waals surface area (Å²) in [5.41, 5.74) is 4.57. The minimum atomic E-state index is -0.717. The number of thioether (sulfide) groups is 1. The summed E-state index contributed by atoms with van der Waals surface area (Å²) in [6.07, 6.45) is 13.5. The number of hydrogen-bond acceptors (Lipinski definition) is 7. The van der Waals surface area contributed by atoms with Crippen molar-refractivity contribution >= 4 is 40.3 Å². The first-order chi connectivity index (χ1) is 24.0. The zero-order chi connectivity index (χ0) is 36.5. The maximum absolute atomic E-state index is 13.6. The molecular weight excluding hydrogens is 647 g/mol. The van der Waals surface area contributed by atoms with Crippen LogP contribution in [0, 0.1) is 5.92 Å². The van der Waals surface area contributed by atoms with Gasteiger partial charge in [-0.3, -0.25) is 14.5 Å². The minimum Gasteiger partial charge on any atom is -0.467 e. The Labute approximate surface area is 303 Å². The van der Waals surface area contributed by atoms with E-state index in [0.29, 0.717) is 31.8 Å². The van der Waals surface area contributed by atoms with Crippen molar-refractivity contribution in [2.75, 3.05) is 32.2 Å². The molecule has 0 aliphatic carbocycles. The quantitative estimate of drug-likeness (QED) is 0.0938. The molecule has 50 heavy (non-hydrogen) atoms. The molecule has 0 radical (unpaired) electrons. The van der Waals surface area contributed by atoms with Crippen molar-refractivity contribution in [1.82, 2.24) is 25.1 Å². The number of esters is 1. The number of ether oxygens (including phenoxy) is 1. The van der Waals surface area contributed by atoms with Gasteiger partial charge in [-0.15, -0.1) is 0 Å². The number of aromatic nitrogens is 2. The van der Waals surface area contributed by atoms with Crippen LogP contribution in [-0.4, -0.2) is 76.5 Å². The van der Waals surface area contributed by atoms with Crippen LogP contribution in [-0.2, 0) is 38.6 Å². The SMILES string of the molecule is CC[C@H](C)[C@@H](CN(CC(=O)N[C@@H](CCSC)C(=O)OC)Cc1cccc2ccccc12)NC(=O)Cc1cncn1C/C=C(\C)CCC=C(C)C. The molecule has 1 aromatic heterocycles. The number of nitrogens with one attached hydrogen (secondary N) is 2. The van der Waals surface area contributed by atoms with Crippen molar-refractivity contribution in [3.8, 4) is 0 Å². The van der Waals surface area contributed by atoms with Crippen LogP contribution in [0.5, 0.6) is 0 Å². The molecule has 0 saturated heterocycles. The summed E-state index contributed by atoms with van der Waals surface area (Å²) >= 11 is 1.61. The second-order valence-electron chi connectivity index (χ2n) is 13.4. The van der Waals surface area contributed by atoms with Gasteiger partial charge in [0.1, 0.15) is 6.04 Å². The summed E-state index contributed by atoms with van der Waals surface area (Å²) in [5.74, 6) is 0.0688. The summed E-state index contributed by atoms with van der Waals surface area (Å²) in [4.78, 5) is 46.0. The van der Waals surface area contributed by atoms with E-state index in [4.69, 9.17) is 4.74 Å². The number of rotatable bonds is 21. The summed E-state index contributed by atoms with van der Waals surface area (Å²) in [6, 6.07) is 13.5. The Morgan fingerprint density at radius 3 is 2.52 bits per heavy atom. The van der Waals surface area contributed by atoms with Gasteiger partial charge in [-0.2, -0.15) is 11.8 Å². The Hall–Kier alpha value is -3.89. The highest BCUT2D eigenvalue weighted by atomic mass is 32.2. The van der Waals surface area contributed by atoms with Crippen molar-refractivity contribution in [1.29, 1.82) is 0 Å². The predicted molar refractivity (Wildman–Crippen MR) is 206 cm³/mol. The van der Waals surface area contributed by atoms with Gasteiger partial charge in [0.15, 0.2) is 0 Å². The zero-order valence-electron chi connectivity index (χ0n) is 31.0. The second-order valence-corrected chi connectivity index (χ2v) is 14.4. The first kappa shape index (κ1) is 40.5. The molecule has 2 amide bonds. The van der Waals surface area contributed by atoms with E-state index in [9.17, 15) is 14.4 Å². The lowest BCUT2D eigenvalue weighted by molar-refractivity contribution is -0.145.